The molecule has 0 aromatic rings. The van der Waals surface area contributed by atoms with Crippen LogP contribution in [0.4, 0.5) is 0 Å². The van der Waals surface area contributed by atoms with E-state index in [1.807, 2.05) is 0 Å². The van der Waals surface area contributed by atoms with E-state index in [-0.39, 0.29) is 18.4 Å². The average molecular weight is 203 g/mol. The average Bonchev–Trinajstić information content (AvgIpc) is 2.34. The number of amides is 2. The van der Waals surface area contributed by atoms with Crippen LogP contribution in [0.5, 0.6) is 0 Å². The van der Waals surface area contributed by atoms with E-state index >= 15 is 0 Å². The summed E-state index contributed by atoms with van der Waals surface area (Å²) >= 11 is 1.53. The summed E-state index contributed by atoms with van der Waals surface area (Å²) in [6.07, 6.45) is 0. The Kier molecular flexibility index (Phi) is 3.56. The maximum Gasteiger partial charge on any atom is 0.253 e. The molecule has 1 saturated heterocycles. The second-order valence-corrected chi connectivity index (χ2v) is 3.95. The predicted molar refractivity (Wildman–Crippen MR) is 50.9 cm³/mol. The molecule has 0 radical (unpaired) electrons. The molecule has 0 bridgehead atoms. The van der Waals surface area contributed by atoms with Crippen molar-refractivity contribution in [3.8, 4) is 0 Å². The van der Waals surface area contributed by atoms with E-state index < -0.39 is 0 Å². The van der Waals surface area contributed by atoms with Crippen molar-refractivity contribution in [1.29, 1.82) is 0 Å². The quantitative estimate of drug-likeness (QED) is 0.605. The molecule has 0 saturated carbocycles. The minimum absolute atomic E-state index is 0.0407. The summed E-state index contributed by atoms with van der Waals surface area (Å²) in [6.45, 7) is 0.157. The number of thioether (sulfide) groups is 1. The fourth-order valence-electron chi connectivity index (χ4n) is 0.998. The van der Waals surface area contributed by atoms with Gasteiger partial charge in [0, 0.05) is 14.1 Å². The van der Waals surface area contributed by atoms with E-state index in [2.05, 4.69) is 5.43 Å². The molecule has 6 heteroatoms. The van der Waals surface area contributed by atoms with E-state index in [0.717, 1.165) is 0 Å². The second-order valence-electron chi connectivity index (χ2n) is 3.00. The van der Waals surface area contributed by atoms with Gasteiger partial charge in [0.25, 0.3) is 5.91 Å². The standard InChI is InChI=1S/C7H13N3O2S/c1-9(2)8-6(11)3-10-5-13-4-7(10)12/h3-5H2,1-2H3,(H,8,11). The van der Waals surface area contributed by atoms with Gasteiger partial charge >= 0.3 is 0 Å². The third kappa shape index (κ3) is 3.23. The summed E-state index contributed by atoms with van der Waals surface area (Å²) in [7, 11) is 3.47. The van der Waals surface area contributed by atoms with Crippen molar-refractivity contribution in [3.05, 3.63) is 0 Å². The molecule has 13 heavy (non-hydrogen) atoms. The number of nitrogens with zero attached hydrogens (tertiary/aromatic N) is 2. The van der Waals surface area contributed by atoms with Gasteiger partial charge in [0.1, 0.15) is 6.54 Å². The minimum Gasteiger partial charge on any atom is -0.323 e. The Labute approximate surface area is 81.4 Å². The van der Waals surface area contributed by atoms with Crippen molar-refractivity contribution in [2.75, 3.05) is 32.3 Å². The summed E-state index contributed by atoms with van der Waals surface area (Å²) in [6, 6.07) is 0. The molecular weight excluding hydrogens is 190 g/mol. The highest BCUT2D eigenvalue weighted by atomic mass is 32.2. The smallest absolute Gasteiger partial charge is 0.253 e. The zero-order valence-corrected chi connectivity index (χ0v) is 8.56. The fraction of sp³-hybridized carbons (Fsp3) is 0.714. The van der Waals surface area contributed by atoms with Gasteiger partial charge in [-0.3, -0.25) is 15.0 Å². The third-order valence-corrected chi connectivity index (χ3v) is 2.45. The van der Waals surface area contributed by atoms with Crippen molar-refractivity contribution in [2.24, 2.45) is 0 Å². The van der Waals surface area contributed by atoms with E-state index in [9.17, 15) is 9.59 Å². The summed E-state index contributed by atoms with van der Waals surface area (Å²) in [5.41, 5.74) is 2.58. The maximum atomic E-state index is 11.2. The molecule has 0 atom stereocenters. The number of carbonyl (C=O) groups is 2. The number of carbonyl (C=O) groups excluding carboxylic acids is 2. The van der Waals surface area contributed by atoms with Crippen LogP contribution in [0.25, 0.3) is 0 Å². The van der Waals surface area contributed by atoms with Gasteiger partial charge in [0.05, 0.1) is 11.6 Å². The number of hydrazine groups is 1. The molecule has 1 aliphatic rings. The van der Waals surface area contributed by atoms with E-state index in [0.29, 0.717) is 11.6 Å². The summed E-state index contributed by atoms with van der Waals surface area (Å²) in [5, 5.41) is 1.57. The molecule has 0 spiro atoms. The highest BCUT2D eigenvalue weighted by molar-refractivity contribution is 8.00. The molecule has 0 aromatic heterocycles. The fourth-order valence-corrected chi connectivity index (χ4v) is 1.90. The van der Waals surface area contributed by atoms with Crippen LogP contribution >= 0.6 is 11.8 Å². The molecule has 0 aliphatic carbocycles. The van der Waals surface area contributed by atoms with Gasteiger partial charge in [0.2, 0.25) is 5.91 Å². The summed E-state index contributed by atoms with van der Waals surface area (Å²) < 4.78 is 0. The van der Waals surface area contributed by atoms with Crippen LogP contribution in [0.3, 0.4) is 0 Å². The molecule has 1 aliphatic heterocycles. The topological polar surface area (TPSA) is 52.7 Å². The van der Waals surface area contributed by atoms with Crippen LogP contribution in [0.2, 0.25) is 0 Å². The van der Waals surface area contributed by atoms with E-state index in [4.69, 9.17) is 0 Å². The van der Waals surface area contributed by atoms with Gasteiger partial charge in [-0.05, 0) is 0 Å². The molecule has 2 amide bonds. The normalized spacial score (nSPS) is 16.8. The molecule has 1 rings (SSSR count). The zero-order chi connectivity index (χ0) is 9.84. The zero-order valence-electron chi connectivity index (χ0n) is 7.74. The Morgan fingerprint density at radius 3 is 2.85 bits per heavy atom. The van der Waals surface area contributed by atoms with Crippen molar-refractivity contribution in [1.82, 2.24) is 15.3 Å². The SMILES string of the molecule is CN(C)NC(=O)CN1CSCC1=O. The Morgan fingerprint density at radius 1 is 1.69 bits per heavy atom. The number of nitrogens with one attached hydrogen (secondary N) is 1. The number of rotatable bonds is 3. The molecule has 1 N–H and O–H groups in total. The molecule has 0 unspecified atom stereocenters. The van der Waals surface area contributed by atoms with Crippen molar-refractivity contribution in [3.63, 3.8) is 0 Å². The van der Waals surface area contributed by atoms with Crippen LogP contribution in [0, 0.1) is 0 Å². The first-order valence-electron chi connectivity index (χ1n) is 3.92. The second kappa shape index (κ2) is 4.48. The van der Waals surface area contributed by atoms with Crippen LogP contribution in [-0.4, -0.2) is 54.0 Å². The van der Waals surface area contributed by atoms with Gasteiger partial charge in [-0.15, -0.1) is 11.8 Å². The van der Waals surface area contributed by atoms with Gasteiger partial charge in [-0.1, -0.05) is 0 Å². The Hall–Kier alpha value is -0.750. The van der Waals surface area contributed by atoms with Gasteiger partial charge in [-0.25, -0.2) is 5.01 Å². The van der Waals surface area contributed by atoms with Crippen LogP contribution in [0.1, 0.15) is 0 Å². The maximum absolute atomic E-state index is 11.2. The Balaban J connectivity index is 2.31. The Bertz CT molecular complexity index is 220. The van der Waals surface area contributed by atoms with Crippen LogP contribution in [0.15, 0.2) is 0 Å². The largest absolute Gasteiger partial charge is 0.323 e. The van der Waals surface area contributed by atoms with Crippen molar-refractivity contribution < 1.29 is 9.59 Å². The lowest BCUT2D eigenvalue weighted by atomic mass is 10.5. The van der Waals surface area contributed by atoms with Crippen molar-refractivity contribution >= 4 is 23.6 Å². The number of hydrogen-bond donors (Lipinski definition) is 1. The highest BCUT2D eigenvalue weighted by Crippen LogP contribution is 2.13. The lowest BCUT2D eigenvalue weighted by Gasteiger charge is -2.16. The molecule has 1 heterocycles. The predicted octanol–water partition coefficient (Wildman–Crippen LogP) is -0.888. The first kappa shape index (κ1) is 10.3. The summed E-state index contributed by atoms with van der Waals surface area (Å²) in [5.74, 6) is 1.01. The summed E-state index contributed by atoms with van der Waals surface area (Å²) in [4.78, 5) is 23.9. The van der Waals surface area contributed by atoms with Crippen LogP contribution in [-0.2, 0) is 9.59 Å². The molecule has 74 valence electrons. The van der Waals surface area contributed by atoms with Crippen LogP contribution < -0.4 is 5.43 Å². The van der Waals surface area contributed by atoms with Gasteiger partial charge < -0.3 is 4.90 Å². The molecule has 1 fully saturated rings. The Morgan fingerprint density at radius 2 is 2.38 bits per heavy atom. The molecule has 5 nitrogen and oxygen atoms in total. The lowest BCUT2D eigenvalue weighted by molar-refractivity contribution is -0.134. The minimum atomic E-state index is -0.152. The first-order valence-corrected chi connectivity index (χ1v) is 5.07. The molecule has 0 aromatic carbocycles. The lowest BCUT2D eigenvalue weighted by Crippen LogP contribution is -2.43. The van der Waals surface area contributed by atoms with E-state index in [1.165, 1.54) is 11.8 Å². The number of hydrogen-bond acceptors (Lipinski definition) is 4. The van der Waals surface area contributed by atoms with Gasteiger partial charge in [-0.2, -0.15) is 0 Å². The van der Waals surface area contributed by atoms with Crippen molar-refractivity contribution in [2.45, 2.75) is 0 Å². The highest BCUT2D eigenvalue weighted by Gasteiger charge is 2.22. The van der Waals surface area contributed by atoms with Gasteiger partial charge in [0.15, 0.2) is 0 Å². The molecular formula is C7H13N3O2S. The third-order valence-electron chi connectivity index (χ3n) is 1.51. The first-order chi connectivity index (χ1) is 6.09. The monoisotopic (exact) mass is 203 g/mol. The van der Waals surface area contributed by atoms with E-state index in [1.54, 1.807) is 24.0 Å².